The highest BCUT2D eigenvalue weighted by Crippen LogP contribution is 2.31. The molecule has 1 N–H and O–H groups in total. The lowest BCUT2D eigenvalue weighted by atomic mass is 10.2. The Morgan fingerprint density at radius 1 is 1.44 bits per heavy atom. The molecule has 0 aliphatic heterocycles. The van der Waals surface area contributed by atoms with Crippen LogP contribution in [0.4, 0.5) is 5.69 Å². The van der Waals surface area contributed by atoms with Crippen LogP contribution in [0.5, 0.6) is 0 Å². The molecule has 0 aliphatic carbocycles. The van der Waals surface area contributed by atoms with E-state index in [-0.39, 0.29) is 10.9 Å². The summed E-state index contributed by atoms with van der Waals surface area (Å²) in [5, 5.41) is 20.0. The lowest BCUT2D eigenvalue weighted by Crippen LogP contribution is -2.15. The van der Waals surface area contributed by atoms with E-state index in [1.54, 1.807) is 19.1 Å². The fourth-order valence-electron chi connectivity index (χ4n) is 1.13. The van der Waals surface area contributed by atoms with Crippen LogP contribution in [0.15, 0.2) is 23.1 Å². The van der Waals surface area contributed by atoms with Gasteiger partial charge in [-0.1, -0.05) is 13.0 Å². The van der Waals surface area contributed by atoms with Gasteiger partial charge >= 0.3 is 0 Å². The zero-order valence-electron chi connectivity index (χ0n) is 9.51. The van der Waals surface area contributed by atoms with Crippen LogP contribution in [0.2, 0.25) is 0 Å². The molecular weight excluding hydrogens is 226 g/mol. The van der Waals surface area contributed by atoms with Crippen molar-refractivity contribution in [1.82, 2.24) is 0 Å². The number of nitrogens with zero attached hydrogens (tertiary/aromatic N) is 1. The van der Waals surface area contributed by atoms with Gasteiger partial charge in [0.2, 0.25) is 0 Å². The topological polar surface area (TPSA) is 63.4 Å². The van der Waals surface area contributed by atoms with E-state index in [1.807, 2.05) is 13.8 Å². The molecule has 4 nitrogen and oxygen atoms in total. The molecule has 2 atom stereocenters. The van der Waals surface area contributed by atoms with Crippen molar-refractivity contribution in [3.63, 3.8) is 0 Å². The monoisotopic (exact) mass is 241 g/mol. The number of benzene rings is 1. The Kier molecular flexibility index (Phi) is 4.32. The Hall–Kier alpha value is -1.07. The number of aryl methyl sites for hydroxylation is 1. The summed E-state index contributed by atoms with van der Waals surface area (Å²) in [4.78, 5) is 11.1. The Morgan fingerprint density at radius 2 is 2.06 bits per heavy atom. The van der Waals surface area contributed by atoms with Gasteiger partial charge in [-0.05, 0) is 19.4 Å². The van der Waals surface area contributed by atoms with Crippen LogP contribution in [0.25, 0.3) is 0 Å². The van der Waals surface area contributed by atoms with E-state index in [9.17, 15) is 15.2 Å². The standard InChI is InChI=1S/C11H15NO3S/c1-7-4-5-10(12(14)15)6-11(7)16-9(3)8(2)13/h4-6,8-9,13H,1-3H3. The molecule has 0 aromatic heterocycles. The Bertz CT molecular complexity index is 393. The van der Waals surface area contributed by atoms with Gasteiger partial charge in [-0.25, -0.2) is 0 Å². The summed E-state index contributed by atoms with van der Waals surface area (Å²) in [6.07, 6.45) is -0.441. The maximum Gasteiger partial charge on any atom is 0.270 e. The third kappa shape index (κ3) is 3.21. The summed E-state index contributed by atoms with van der Waals surface area (Å²) in [6, 6.07) is 4.78. The van der Waals surface area contributed by atoms with E-state index in [4.69, 9.17) is 0 Å². The van der Waals surface area contributed by atoms with Gasteiger partial charge in [0.1, 0.15) is 0 Å². The third-order valence-electron chi connectivity index (χ3n) is 2.37. The first-order valence-corrected chi connectivity index (χ1v) is 5.89. The van der Waals surface area contributed by atoms with Gasteiger partial charge in [0.25, 0.3) is 5.69 Å². The maximum absolute atomic E-state index is 10.6. The molecular formula is C11H15NO3S. The third-order valence-corrected chi connectivity index (χ3v) is 3.83. The molecule has 0 radical (unpaired) electrons. The second kappa shape index (κ2) is 5.32. The number of aliphatic hydroxyl groups excluding tert-OH is 1. The van der Waals surface area contributed by atoms with Gasteiger partial charge in [0.15, 0.2) is 0 Å². The largest absolute Gasteiger partial charge is 0.392 e. The number of hydrogen-bond donors (Lipinski definition) is 1. The quantitative estimate of drug-likeness (QED) is 0.500. The summed E-state index contributed by atoms with van der Waals surface area (Å²) in [7, 11) is 0. The number of rotatable bonds is 4. The van der Waals surface area contributed by atoms with E-state index >= 15 is 0 Å². The molecule has 1 aromatic carbocycles. The van der Waals surface area contributed by atoms with Crippen LogP contribution in [0.3, 0.4) is 0 Å². The van der Waals surface area contributed by atoms with Gasteiger partial charge in [0.05, 0.1) is 11.0 Å². The summed E-state index contributed by atoms with van der Waals surface area (Å²) in [5.41, 5.74) is 1.08. The molecule has 5 heteroatoms. The molecule has 88 valence electrons. The zero-order valence-corrected chi connectivity index (χ0v) is 10.3. The van der Waals surface area contributed by atoms with E-state index < -0.39 is 11.0 Å². The van der Waals surface area contributed by atoms with Gasteiger partial charge in [0, 0.05) is 22.3 Å². The molecule has 0 heterocycles. The minimum Gasteiger partial charge on any atom is -0.392 e. The van der Waals surface area contributed by atoms with E-state index in [1.165, 1.54) is 17.8 Å². The first kappa shape index (κ1) is 13.0. The van der Waals surface area contributed by atoms with Gasteiger partial charge in [-0.15, -0.1) is 11.8 Å². The van der Waals surface area contributed by atoms with Crippen molar-refractivity contribution in [3.05, 3.63) is 33.9 Å². The van der Waals surface area contributed by atoms with E-state index in [0.717, 1.165) is 10.5 Å². The van der Waals surface area contributed by atoms with Crippen molar-refractivity contribution in [2.75, 3.05) is 0 Å². The van der Waals surface area contributed by atoms with Gasteiger partial charge in [-0.3, -0.25) is 10.1 Å². The first-order chi connectivity index (χ1) is 7.41. The van der Waals surface area contributed by atoms with Crippen molar-refractivity contribution in [3.8, 4) is 0 Å². The van der Waals surface area contributed by atoms with Crippen LogP contribution in [-0.2, 0) is 0 Å². The Morgan fingerprint density at radius 3 is 2.56 bits per heavy atom. The number of thioether (sulfide) groups is 1. The normalized spacial score (nSPS) is 14.5. The summed E-state index contributed by atoms with van der Waals surface area (Å²) < 4.78 is 0. The molecule has 0 aliphatic rings. The van der Waals surface area contributed by atoms with Crippen LogP contribution < -0.4 is 0 Å². The van der Waals surface area contributed by atoms with Gasteiger partial charge < -0.3 is 5.11 Å². The Labute approximate surface area is 98.8 Å². The molecule has 0 amide bonds. The smallest absolute Gasteiger partial charge is 0.270 e. The Balaban J connectivity index is 2.94. The summed E-state index contributed by atoms with van der Waals surface area (Å²) >= 11 is 1.46. The van der Waals surface area contributed by atoms with Crippen molar-refractivity contribution >= 4 is 17.4 Å². The van der Waals surface area contributed by atoms with Crippen molar-refractivity contribution in [2.45, 2.75) is 37.0 Å². The molecule has 0 saturated heterocycles. The first-order valence-electron chi connectivity index (χ1n) is 5.01. The van der Waals surface area contributed by atoms with Crippen LogP contribution in [-0.4, -0.2) is 21.4 Å². The molecule has 2 unspecified atom stereocenters. The molecule has 0 fully saturated rings. The van der Waals surface area contributed by atoms with Crippen molar-refractivity contribution in [2.24, 2.45) is 0 Å². The fourth-order valence-corrected chi connectivity index (χ4v) is 2.17. The number of non-ortho nitro benzene ring substituents is 1. The average molecular weight is 241 g/mol. The number of hydrogen-bond acceptors (Lipinski definition) is 4. The minimum atomic E-state index is -0.441. The van der Waals surface area contributed by atoms with E-state index in [0.29, 0.717) is 0 Å². The fraction of sp³-hybridized carbons (Fsp3) is 0.455. The average Bonchev–Trinajstić information content (AvgIpc) is 2.20. The van der Waals surface area contributed by atoms with Crippen molar-refractivity contribution in [1.29, 1.82) is 0 Å². The van der Waals surface area contributed by atoms with Crippen LogP contribution in [0, 0.1) is 17.0 Å². The highest BCUT2D eigenvalue weighted by Gasteiger charge is 2.14. The minimum absolute atomic E-state index is 0.0145. The highest BCUT2D eigenvalue weighted by molar-refractivity contribution is 8.00. The molecule has 0 bridgehead atoms. The van der Waals surface area contributed by atoms with Crippen molar-refractivity contribution < 1.29 is 10.0 Å². The molecule has 1 aromatic rings. The zero-order chi connectivity index (χ0) is 12.3. The number of nitro benzene ring substituents is 1. The predicted molar refractivity (Wildman–Crippen MR) is 64.8 cm³/mol. The summed E-state index contributed by atoms with van der Waals surface area (Å²) in [5.74, 6) is 0. The second-order valence-electron chi connectivity index (χ2n) is 3.77. The molecule has 1 rings (SSSR count). The lowest BCUT2D eigenvalue weighted by molar-refractivity contribution is -0.385. The highest BCUT2D eigenvalue weighted by atomic mass is 32.2. The summed E-state index contributed by atoms with van der Waals surface area (Å²) in [6.45, 7) is 5.51. The molecule has 0 saturated carbocycles. The maximum atomic E-state index is 10.6. The molecule has 16 heavy (non-hydrogen) atoms. The lowest BCUT2D eigenvalue weighted by Gasteiger charge is -2.15. The second-order valence-corrected chi connectivity index (χ2v) is 5.19. The van der Waals surface area contributed by atoms with Gasteiger partial charge in [-0.2, -0.15) is 0 Å². The molecule has 0 spiro atoms. The van der Waals surface area contributed by atoms with Crippen LogP contribution in [0.1, 0.15) is 19.4 Å². The number of aliphatic hydroxyl groups is 1. The van der Waals surface area contributed by atoms with E-state index in [2.05, 4.69) is 0 Å². The van der Waals surface area contributed by atoms with Crippen LogP contribution >= 0.6 is 11.8 Å². The SMILES string of the molecule is Cc1ccc([N+](=O)[O-])cc1SC(C)C(C)O. The number of nitro groups is 1. The predicted octanol–water partition coefficient (Wildman–Crippen LogP) is 2.76.